The van der Waals surface area contributed by atoms with E-state index in [1.807, 2.05) is 18.4 Å². The van der Waals surface area contributed by atoms with E-state index in [0.717, 1.165) is 25.9 Å². The number of thiophene rings is 1. The fourth-order valence-electron chi connectivity index (χ4n) is 3.78. The molecule has 0 aromatic carbocycles. The Morgan fingerprint density at radius 1 is 1.30 bits per heavy atom. The largest absolute Gasteiger partial charge is 0.490 e. The molecule has 5 nitrogen and oxygen atoms in total. The molecule has 2 aliphatic heterocycles. The summed E-state index contributed by atoms with van der Waals surface area (Å²) >= 11 is 1.90. The SMILES string of the molecule is Cc1ccc(CN2CCCC3(CCCC(=O)N3C)C2)s1.O=C(O)C(F)(F)F. The number of rotatable bonds is 2. The summed E-state index contributed by atoms with van der Waals surface area (Å²) in [5.74, 6) is -2.42. The third-order valence-corrected chi connectivity index (χ3v) is 6.16. The van der Waals surface area contributed by atoms with Crippen LogP contribution in [0.15, 0.2) is 12.1 Å². The van der Waals surface area contributed by atoms with Gasteiger partial charge in [-0.1, -0.05) is 0 Å². The molecule has 152 valence electrons. The number of likely N-dealkylation sites (N-methyl/N-ethyl adjacent to an activating group) is 1. The number of carbonyl (C=O) groups excluding carboxylic acids is 1. The van der Waals surface area contributed by atoms with Gasteiger partial charge in [0, 0.05) is 36.3 Å². The van der Waals surface area contributed by atoms with Crippen molar-refractivity contribution >= 4 is 23.2 Å². The van der Waals surface area contributed by atoms with Crippen molar-refractivity contribution in [1.29, 1.82) is 0 Å². The fourth-order valence-corrected chi connectivity index (χ4v) is 4.71. The molecule has 1 aromatic rings. The third-order valence-electron chi connectivity index (χ3n) is 5.17. The third kappa shape index (κ3) is 5.68. The molecular formula is C18H25F3N2O3S. The van der Waals surface area contributed by atoms with Crippen LogP contribution in [0, 0.1) is 6.92 Å². The van der Waals surface area contributed by atoms with E-state index in [2.05, 4.69) is 28.9 Å². The second-order valence-electron chi connectivity index (χ2n) is 7.16. The molecule has 1 aromatic heterocycles. The zero-order valence-electron chi connectivity index (χ0n) is 15.5. The number of likely N-dealkylation sites (tertiary alicyclic amines) is 2. The summed E-state index contributed by atoms with van der Waals surface area (Å²) in [6.07, 6.45) is 0.282. The summed E-state index contributed by atoms with van der Waals surface area (Å²) in [7, 11) is 2.01. The van der Waals surface area contributed by atoms with Crippen molar-refractivity contribution in [1.82, 2.24) is 9.80 Å². The molecular weight excluding hydrogens is 381 g/mol. The molecule has 27 heavy (non-hydrogen) atoms. The van der Waals surface area contributed by atoms with Crippen LogP contribution in [-0.4, -0.2) is 58.6 Å². The van der Waals surface area contributed by atoms with Crippen LogP contribution in [0.3, 0.4) is 0 Å². The first-order valence-electron chi connectivity index (χ1n) is 8.88. The molecule has 0 aliphatic carbocycles. The molecule has 1 spiro atoms. The highest BCUT2D eigenvalue weighted by atomic mass is 32.1. The Balaban J connectivity index is 0.000000321. The van der Waals surface area contributed by atoms with Crippen molar-refractivity contribution in [2.45, 2.75) is 57.3 Å². The van der Waals surface area contributed by atoms with E-state index >= 15 is 0 Å². The molecule has 2 fully saturated rings. The summed E-state index contributed by atoms with van der Waals surface area (Å²) in [6, 6.07) is 4.45. The maximum Gasteiger partial charge on any atom is 0.490 e. The first-order chi connectivity index (χ1) is 12.5. The van der Waals surface area contributed by atoms with Crippen LogP contribution >= 0.6 is 11.3 Å². The van der Waals surface area contributed by atoms with Gasteiger partial charge in [-0.2, -0.15) is 13.2 Å². The molecule has 1 N–H and O–H groups in total. The summed E-state index contributed by atoms with van der Waals surface area (Å²) in [5.41, 5.74) is 0.111. The number of aryl methyl sites for hydroxylation is 1. The molecule has 2 aliphatic rings. The standard InChI is InChI=1S/C16H24N2OS.C2HF3O2/c1-13-6-7-14(20-13)11-18-10-4-9-16(12-18)8-3-5-15(19)17(16)2;3-2(4,5)1(6)7/h6-7H,3-5,8-12H2,1-2H3;(H,6,7). The minimum atomic E-state index is -5.08. The number of nitrogens with zero attached hydrogens (tertiary/aromatic N) is 2. The summed E-state index contributed by atoms with van der Waals surface area (Å²) in [4.78, 5) is 28.4. The molecule has 2 saturated heterocycles. The minimum Gasteiger partial charge on any atom is -0.475 e. The Hall–Kier alpha value is -1.61. The number of carboxylic acid groups (broad SMARTS) is 1. The highest BCUT2D eigenvalue weighted by Gasteiger charge is 2.43. The summed E-state index contributed by atoms with van der Waals surface area (Å²) in [6.45, 7) is 5.43. The van der Waals surface area contributed by atoms with Crippen LogP contribution in [0.4, 0.5) is 13.2 Å². The Kier molecular flexibility index (Phi) is 6.91. The van der Waals surface area contributed by atoms with Gasteiger partial charge >= 0.3 is 12.1 Å². The molecule has 0 saturated carbocycles. The predicted octanol–water partition coefficient (Wildman–Crippen LogP) is 3.67. The number of hydrogen-bond acceptors (Lipinski definition) is 4. The van der Waals surface area contributed by atoms with Crippen molar-refractivity contribution in [3.63, 3.8) is 0 Å². The van der Waals surface area contributed by atoms with Gasteiger partial charge in [0.05, 0.1) is 5.54 Å². The number of amides is 1. The average Bonchev–Trinajstić information content (AvgIpc) is 2.97. The van der Waals surface area contributed by atoms with Crippen LogP contribution in [0.1, 0.15) is 41.9 Å². The lowest BCUT2D eigenvalue weighted by Crippen LogP contribution is -2.60. The Morgan fingerprint density at radius 2 is 1.93 bits per heavy atom. The van der Waals surface area contributed by atoms with Crippen molar-refractivity contribution in [3.05, 3.63) is 21.9 Å². The van der Waals surface area contributed by atoms with Gasteiger partial charge in [0.1, 0.15) is 0 Å². The number of alkyl halides is 3. The summed E-state index contributed by atoms with van der Waals surface area (Å²) < 4.78 is 31.7. The lowest BCUT2D eigenvalue weighted by Gasteiger charge is -2.50. The summed E-state index contributed by atoms with van der Waals surface area (Å²) in [5, 5.41) is 7.12. The van der Waals surface area contributed by atoms with E-state index in [9.17, 15) is 18.0 Å². The van der Waals surface area contributed by atoms with E-state index in [0.29, 0.717) is 5.91 Å². The Labute approximate surface area is 160 Å². The second-order valence-corrected chi connectivity index (χ2v) is 8.53. The first kappa shape index (κ1) is 21.7. The number of piperidine rings is 2. The van der Waals surface area contributed by atoms with Gasteiger partial charge in [-0.05, 0) is 51.3 Å². The first-order valence-corrected chi connectivity index (χ1v) is 9.70. The molecule has 3 heterocycles. The number of carbonyl (C=O) groups is 2. The van der Waals surface area contributed by atoms with Gasteiger partial charge in [0.25, 0.3) is 0 Å². The zero-order valence-corrected chi connectivity index (χ0v) is 16.3. The molecule has 0 radical (unpaired) electrons. The van der Waals surface area contributed by atoms with Crippen molar-refractivity contribution in [3.8, 4) is 0 Å². The molecule has 3 rings (SSSR count). The van der Waals surface area contributed by atoms with Crippen LogP contribution in [0.2, 0.25) is 0 Å². The quantitative estimate of drug-likeness (QED) is 0.814. The van der Waals surface area contributed by atoms with Crippen LogP contribution in [-0.2, 0) is 16.1 Å². The maximum absolute atomic E-state index is 12.0. The van der Waals surface area contributed by atoms with E-state index < -0.39 is 12.1 Å². The smallest absolute Gasteiger partial charge is 0.475 e. The van der Waals surface area contributed by atoms with Crippen molar-refractivity contribution in [2.75, 3.05) is 20.1 Å². The number of hydrogen-bond donors (Lipinski definition) is 1. The van der Waals surface area contributed by atoms with Gasteiger partial charge < -0.3 is 10.0 Å². The van der Waals surface area contributed by atoms with Gasteiger partial charge in [-0.15, -0.1) is 11.3 Å². The highest BCUT2D eigenvalue weighted by Crippen LogP contribution is 2.36. The van der Waals surface area contributed by atoms with Crippen LogP contribution in [0.5, 0.6) is 0 Å². The van der Waals surface area contributed by atoms with Gasteiger partial charge in [-0.3, -0.25) is 9.69 Å². The van der Waals surface area contributed by atoms with Gasteiger partial charge in [-0.25, -0.2) is 4.79 Å². The van der Waals surface area contributed by atoms with E-state index in [-0.39, 0.29) is 5.54 Å². The van der Waals surface area contributed by atoms with Gasteiger partial charge in [0.2, 0.25) is 5.91 Å². The predicted molar refractivity (Wildman–Crippen MR) is 96.6 cm³/mol. The average molecular weight is 406 g/mol. The highest BCUT2D eigenvalue weighted by molar-refractivity contribution is 7.11. The lowest BCUT2D eigenvalue weighted by molar-refractivity contribution is -0.192. The second kappa shape index (κ2) is 8.60. The van der Waals surface area contributed by atoms with Crippen molar-refractivity contribution < 1.29 is 27.9 Å². The van der Waals surface area contributed by atoms with E-state index in [1.165, 1.54) is 35.6 Å². The topological polar surface area (TPSA) is 60.9 Å². The number of carboxylic acids is 1. The van der Waals surface area contributed by atoms with Gasteiger partial charge in [0.15, 0.2) is 0 Å². The van der Waals surface area contributed by atoms with Crippen LogP contribution < -0.4 is 0 Å². The maximum atomic E-state index is 12.0. The Bertz CT molecular complexity index is 673. The fraction of sp³-hybridized carbons (Fsp3) is 0.667. The monoisotopic (exact) mass is 406 g/mol. The normalized spacial score (nSPS) is 23.9. The number of aliphatic carboxylic acids is 1. The molecule has 0 bridgehead atoms. The molecule has 9 heteroatoms. The van der Waals surface area contributed by atoms with E-state index in [4.69, 9.17) is 9.90 Å². The van der Waals surface area contributed by atoms with Crippen LogP contribution in [0.25, 0.3) is 0 Å². The molecule has 1 atom stereocenters. The molecule has 1 amide bonds. The Morgan fingerprint density at radius 3 is 2.48 bits per heavy atom. The number of halogens is 3. The van der Waals surface area contributed by atoms with Crippen molar-refractivity contribution in [2.24, 2.45) is 0 Å². The molecule has 1 unspecified atom stereocenters. The van der Waals surface area contributed by atoms with E-state index in [1.54, 1.807) is 0 Å². The minimum absolute atomic E-state index is 0.111. The zero-order chi connectivity index (χ0) is 20.2. The lowest BCUT2D eigenvalue weighted by atomic mass is 9.80.